The third-order valence-electron chi connectivity index (χ3n) is 10.4. The maximum Gasteiger partial charge on any atom is 0.155 e. The van der Waals surface area contributed by atoms with Crippen LogP contribution in [-0.4, -0.2) is 18.0 Å². The second kappa shape index (κ2) is 5.38. The number of fused-ring (bicyclic) bond motifs is 9. The summed E-state index contributed by atoms with van der Waals surface area (Å²) in [6, 6.07) is 0. The number of hydrogen-bond acceptors (Lipinski definition) is 2. The Kier molecular flexibility index (Phi) is 3.39. The summed E-state index contributed by atoms with van der Waals surface area (Å²) in [5.41, 5.74) is 1.94. The Bertz CT molecular complexity index is 749. The molecule has 0 N–H and O–H groups in total. The van der Waals surface area contributed by atoms with Gasteiger partial charge in [-0.25, -0.2) is 0 Å². The van der Waals surface area contributed by atoms with E-state index in [1.807, 2.05) is 0 Å². The molecule has 0 aromatic carbocycles. The van der Waals surface area contributed by atoms with E-state index in [2.05, 4.69) is 39.0 Å². The van der Waals surface area contributed by atoms with Crippen molar-refractivity contribution in [3.63, 3.8) is 0 Å². The molecule has 0 amide bonds. The summed E-state index contributed by atoms with van der Waals surface area (Å²) in [6.45, 7) is 8.20. The van der Waals surface area contributed by atoms with E-state index in [1.165, 1.54) is 31.3 Å². The Hall–Kier alpha value is -0.890. The molecular formula is C25H34O2. The fraction of sp³-hybridized carbons (Fsp3) is 0.800. The van der Waals surface area contributed by atoms with E-state index in [0.29, 0.717) is 29.0 Å². The fourth-order valence-electron chi connectivity index (χ4n) is 9.31. The fourth-order valence-corrected chi connectivity index (χ4v) is 9.31. The Morgan fingerprint density at radius 2 is 2.07 bits per heavy atom. The van der Waals surface area contributed by atoms with Crippen molar-refractivity contribution in [3.05, 3.63) is 23.8 Å². The van der Waals surface area contributed by atoms with E-state index in [1.54, 1.807) is 0 Å². The van der Waals surface area contributed by atoms with Gasteiger partial charge in [-0.1, -0.05) is 38.5 Å². The lowest BCUT2D eigenvalue weighted by Crippen LogP contribution is -2.58. The van der Waals surface area contributed by atoms with Crippen molar-refractivity contribution in [3.8, 4) is 0 Å². The second-order valence-electron chi connectivity index (χ2n) is 10.7. The highest BCUT2D eigenvalue weighted by atomic mass is 16.5. The zero-order valence-electron chi connectivity index (χ0n) is 17.1. The molecule has 6 aliphatic rings. The van der Waals surface area contributed by atoms with Crippen LogP contribution in [0.25, 0.3) is 0 Å². The Balaban J connectivity index is 1.45. The molecular weight excluding hydrogens is 332 g/mol. The van der Waals surface area contributed by atoms with Gasteiger partial charge >= 0.3 is 0 Å². The molecule has 0 saturated heterocycles. The van der Waals surface area contributed by atoms with Crippen LogP contribution in [0.15, 0.2) is 23.8 Å². The van der Waals surface area contributed by atoms with Crippen LogP contribution < -0.4 is 0 Å². The van der Waals surface area contributed by atoms with Crippen molar-refractivity contribution in [1.82, 2.24) is 0 Å². The molecule has 2 nitrogen and oxygen atoms in total. The van der Waals surface area contributed by atoms with Crippen LogP contribution in [0, 0.1) is 52.8 Å². The van der Waals surface area contributed by atoms with Crippen LogP contribution in [-0.2, 0) is 9.53 Å². The molecule has 1 spiro atoms. The van der Waals surface area contributed by atoms with Gasteiger partial charge in [0.15, 0.2) is 5.78 Å². The van der Waals surface area contributed by atoms with Gasteiger partial charge in [0.2, 0.25) is 0 Å². The van der Waals surface area contributed by atoms with Gasteiger partial charge in [-0.15, -0.1) is 0 Å². The Morgan fingerprint density at radius 3 is 2.81 bits per heavy atom. The first kappa shape index (κ1) is 17.0. The van der Waals surface area contributed by atoms with Crippen molar-refractivity contribution < 1.29 is 9.53 Å². The van der Waals surface area contributed by atoms with Crippen molar-refractivity contribution in [1.29, 1.82) is 0 Å². The summed E-state index contributed by atoms with van der Waals surface area (Å²) in [4.78, 5) is 12.1. The smallest absolute Gasteiger partial charge is 0.155 e. The zero-order chi connectivity index (χ0) is 18.6. The van der Waals surface area contributed by atoms with E-state index < -0.39 is 0 Å². The topological polar surface area (TPSA) is 26.3 Å². The highest BCUT2D eigenvalue weighted by Crippen LogP contribution is 2.79. The number of carbonyl (C=O) groups is 1. The van der Waals surface area contributed by atoms with Gasteiger partial charge in [0.1, 0.15) is 0 Å². The van der Waals surface area contributed by atoms with Gasteiger partial charge in [-0.3, -0.25) is 4.79 Å². The molecule has 5 aliphatic carbocycles. The van der Waals surface area contributed by atoms with Crippen molar-refractivity contribution in [2.75, 3.05) is 6.61 Å². The number of ether oxygens (including phenoxy) is 1. The summed E-state index contributed by atoms with van der Waals surface area (Å²) in [5, 5.41) is 0. The minimum absolute atomic E-state index is 0.0592. The highest BCUT2D eigenvalue weighted by molar-refractivity contribution is 5.91. The molecule has 4 saturated carbocycles. The van der Waals surface area contributed by atoms with Crippen LogP contribution in [0.4, 0.5) is 0 Å². The number of carbonyl (C=O) groups excluding carboxylic acids is 1. The Labute approximate surface area is 163 Å². The normalized spacial score (nSPS) is 57.7. The summed E-state index contributed by atoms with van der Waals surface area (Å²) >= 11 is 0. The van der Waals surface area contributed by atoms with Gasteiger partial charge < -0.3 is 4.74 Å². The molecule has 146 valence electrons. The van der Waals surface area contributed by atoms with Crippen LogP contribution >= 0.6 is 0 Å². The third-order valence-corrected chi connectivity index (χ3v) is 10.4. The largest absolute Gasteiger partial charge is 0.366 e. The molecule has 0 radical (unpaired) electrons. The first-order chi connectivity index (χ1) is 13.0. The molecule has 2 heteroatoms. The van der Waals surface area contributed by atoms with E-state index in [0.717, 1.165) is 49.0 Å². The predicted molar refractivity (Wildman–Crippen MR) is 106 cm³/mol. The monoisotopic (exact) mass is 366 g/mol. The van der Waals surface area contributed by atoms with E-state index >= 15 is 0 Å². The standard InChI is InChI=1S/C25H34O2/c1-4-24-10-8-18-17-7-6-16(26)12-19(17)14(2)15(3)22(18)23(24)20-13-21(20)25(24)9-5-11-27-25/h5,9,12,14-15,17-18,20-23H,4,6-8,10-11,13H2,1-3H3/t14-,15+,17-,18-,20-,21+,22-,23+,24+,25+/m1/s1. The van der Waals surface area contributed by atoms with Gasteiger partial charge in [0.05, 0.1) is 12.2 Å². The number of ketones is 1. The highest BCUT2D eigenvalue weighted by Gasteiger charge is 2.78. The predicted octanol–water partition coefficient (Wildman–Crippen LogP) is 5.19. The molecule has 0 unspecified atom stereocenters. The van der Waals surface area contributed by atoms with E-state index in [4.69, 9.17) is 4.74 Å². The van der Waals surface area contributed by atoms with Crippen molar-refractivity contribution in [2.24, 2.45) is 52.8 Å². The number of rotatable bonds is 1. The maximum absolute atomic E-state index is 12.1. The first-order valence-corrected chi connectivity index (χ1v) is 11.6. The van der Waals surface area contributed by atoms with Gasteiger partial charge in [0, 0.05) is 11.8 Å². The Morgan fingerprint density at radius 1 is 1.22 bits per heavy atom. The molecule has 0 bridgehead atoms. The molecule has 0 aromatic heterocycles. The lowest BCUT2D eigenvalue weighted by Gasteiger charge is -2.61. The molecule has 0 aromatic rings. The first-order valence-electron chi connectivity index (χ1n) is 11.6. The van der Waals surface area contributed by atoms with Crippen LogP contribution in [0.2, 0.25) is 0 Å². The molecule has 10 atom stereocenters. The summed E-state index contributed by atoms with van der Waals surface area (Å²) in [5.74, 6) is 6.48. The lowest BCUT2D eigenvalue weighted by molar-refractivity contribution is -0.154. The molecule has 1 heterocycles. The zero-order valence-corrected chi connectivity index (χ0v) is 17.1. The summed E-state index contributed by atoms with van der Waals surface area (Å²) < 4.78 is 6.61. The molecule has 1 aliphatic heterocycles. The maximum atomic E-state index is 12.1. The summed E-state index contributed by atoms with van der Waals surface area (Å²) in [6.07, 6.45) is 14.1. The van der Waals surface area contributed by atoms with Crippen LogP contribution in [0.1, 0.15) is 59.3 Å². The van der Waals surface area contributed by atoms with E-state index in [-0.39, 0.29) is 5.60 Å². The van der Waals surface area contributed by atoms with Gasteiger partial charge in [0.25, 0.3) is 0 Å². The second-order valence-corrected chi connectivity index (χ2v) is 10.7. The van der Waals surface area contributed by atoms with E-state index in [9.17, 15) is 4.79 Å². The lowest BCUT2D eigenvalue weighted by atomic mass is 9.44. The quantitative estimate of drug-likeness (QED) is 0.597. The number of hydrogen-bond donors (Lipinski definition) is 0. The average molecular weight is 367 g/mol. The summed E-state index contributed by atoms with van der Waals surface area (Å²) in [7, 11) is 0. The minimum Gasteiger partial charge on any atom is -0.366 e. The third kappa shape index (κ3) is 1.85. The van der Waals surface area contributed by atoms with Crippen LogP contribution in [0.5, 0.6) is 0 Å². The van der Waals surface area contributed by atoms with Crippen molar-refractivity contribution >= 4 is 5.78 Å². The van der Waals surface area contributed by atoms with Gasteiger partial charge in [-0.05, 0) is 85.5 Å². The SMILES string of the molecule is CC[C@]12CC[C@H]3[C@@H]([C@@H](C)[C@@H](C)C4=CC(=O)CC[C@@H]43)[C@@H]1[C@@H]1C[C@@H]1[C@@]21C=CCO1. The van der Waals surface area contributed by atoms with Gasteiger partial charge in [-0.2, -0.15) is 0 Å². The minimum atomic E-state index is 0.0592. The van der Waals surface area contributed by atoms with Crippen LogP contribution in [0.3, 0.4) is 0 Å². The average Bonchev–Trinajstić information content (AvgIpc) is 3.25. The van der Waals surface area contributed by atoms with Crippen molar-refractivity contribution in [2.45, 2.75) is 64.9 Å². The molecule has 6 rings (SSSR count). The number of allylic oxidation sites excluding steroid dienone is 1. The molecule has 4 fully saturated rings. The molecule has 27 heavy (non-hydrogen) atoms.